The smallest absolute Gasteiger partial charge is 0.348 e. The van der Waals surface area contributed by atoms with E-state index >= 15 is 0 Å². The first-order chi connectivity index (χ1) is 22.6. The van der Waals surface area contributed by atoms with E-state index in [1.807, 2.05) is 4.90 Å². The van der Waals surface area contributed by atoms with Crippen molar-refractivity contribution in [1.29, 1.82) is 0 Å². The molecule has 0 aliphatic carbocycles. The summed E-state index contributed by atoms with van der Waals surface area (Å²) in [5.74, 6) is 0.299. The number of thiazole rings is 1. The largest absolute Gasteiger partial charge is 0.477 e. The van der Waals surface area contributed by atoms with E-state index in [9.17, 15) is 14.7 Å². The number of rotatable bonds is 10. The number of piperidine rings is 2. The number of methoxy groups -OCH3 is 1. The summed E-state index contributed by atoms with van der Waals surface area (Å²) in [5.41, 5.74) is 1.70. The third kappa shape index (κ3) is 7.60. The van der Waals surface area contributed by atoms with Gasteiger partial charge in [-0.25, -0.2) is 19.7 Å². The number of ether oxygens (including phenoxy) is 1. The van der Waals surface area contributed by atoms with Crippen LogP contribution in [-0.4, -0.2) is 126 Å². The molecular formula is C32H42Cl2N8O4S. The van der Waals surface area contributed by atoms with Crippen LogP contribution in [0.2, 0.25) is 10.0 Å². The van der Waals surface area contributed by atoms with E-state index in [0.29, 0.717) is 52.4 Å². The van der Waals surface area contributed by atoms with Crippen molar-refractivity contribution in [1.82, 2.24) is 29.7 Å². The number of nitrogens with zero attached hydrogens (tertiary/aromatic N) is 7. The number of hydrogen-bond acceptors (Lipinski definition) is 11. The molecule has 1 unspecified atom stereocenters. The van der Waals surface area contributed by atoms with Crippen LogP contribution in [-0.2, 0) is 4.74 Å². The Morgan fingerprint density at radius 3 is 2.47 bits per heavy atom. The topological polar surface area (TPSA) is 131 Å². The fourth-order valence-electron chi connectivity index (χ4n) is 7.06. The Kier molecular flexibility index (Phi) is 10.7. The number of H-pyrrole nitrogens is 1. The average Bonchev–Trinajstić information content (AvgIpc) is 3.63. The Balaban J connectivity index is 1.08. The van der Waals surface area contributed by atoms with Gasteiger partial charge in [0.15, 0.2) is 10.9 Å². The molecular weight excluding hydrogens is 663 g/mol. The average molecular weight is 706 g/mol. The number of carbonyl (C=O) groups excluding carboxylic acids is 1. The molecule has 15 heteroatoms. The summed E-state index contributed by atoms with van der Waals surface area (Å²) in [4.78, 5) is 51.8. The normalized spacial score (nSPS) is 23.0. The number of aromatic nitrogens is 4. The van der Waals surface area contributed by atoms with Crippen LogP contribution in [0.1, 0.15) is 51.5 Å². The lowest BCUT2D eigenvalue weighted by atomic mass is 9.88. The van der Waals surface area contributed by atoms with Crippen molar-refractivity contribution in [3.8, 4) is 11.4 Å². The Morgan fingerprint density at radius 2 is 1.83 bits per heavy atom. The highest BCUT2D eigenvalue weighted by molar-refractivity contribution is 7.17. The molecule has 12 nitrogen and oxygen atoms in total. The van der Waals surface area contributed by atoms with Gasteiger partial charge < -0.3 is 29.5 Å². The van der Waals surface area contributed by atoms with Crippen LogP contribution in [0.15, 0.2) is 12.4 Å². The lowest BCUT2D eigenvalue weighted by Crippen LogP contribution is -2.49. The summed E-state index contributed by atoms with van der Waals surface area (Å²) in [6, 6.07) is 0. The molecule has 0 aromatic carbocycles. The number of aromatic amines is 1. The second kappa shape index (κ2) is 14.8. The maximum absolute atomic E-state index is 13.1. The van der Waals surface area contributed by atoms with Crippen LogP contribution in [0.25, 0.3) is 11.4 Å². The van der Waals surface area contributed by atoms with Crippen LogP contribution >= 0.6 is 34.5 Å². The van der Waals surface area contributed by atoms with Gasteiger partial charge in [-0.1, -0.05) is 34.5 Å². The molecule has 3 saturated heterocycles. The van der Waals surface area contributed by atoms with Crippen molar-refractivity contribution in [2.75, 3.05) is 82.9 Å². The van der Waals surface area contributed by atoms with Crippen molar-refractivity contribution >= 4 is 57.2 Å². The number of carboxylic acids is 1. The third-order valence-corrected chi connectivity index (χ3v) is 11.7. The van der Waals surface area contributed by atoms with Gasteiger partial charge >= 0.3 is 5.97 Å². The van der Waals surface area contributed by atoms with E-state index in [-0.39, 0.29) is 34.1 Å². The van der Waals surface area contributed by atoms with Crippen LogP contribution in [0.4, 0.5) is 10.9 Å². The maximum Gasteiger partial charge on any atom is 0.348 e. The van der Waals surface area contributed by atoms with Gasteiger partial charge in [0.2, 0.25) is 0 Å². The number of hydrogen-bond donors (Lipinski definition) is 2. The zero-order valence-corrected chi connectivity index (χ0v) is 29.4. The molecule has 3 aromatic rings. The first-order valence-corrected chi connectivity index (χ1v) is 17.7. The minimum absolute atomic E-state index is 0.0465. The predicted molar refractivity (Wildman–Crippen MR) is 185 cm³/mol. The zero-order chi connectivity index (χ0) is 33.2. The van der Waals surface area contributed by atoms with Crippen molar-refractivity contribution < 1.29 is 19.4 Å². The quantitative estimate of drug-likeness (QED) is 0.282. The van der Waals surface area contributed by atoms with Crippen molar-refractivity contribution in [2.45, 2.75) is 38.7 Å². The fraction of sp³-hybridized carbons (Fsp3) is 0.594. The second-order valence-electron chi connectivity index (χ2n) is 12.9. The number of Topliss-reactive ketones (excluding diaryl/α,β-unsaturated/α-hetero) is 1. The molecule has 0 saturated carbocycles. The van der Waals surface area contributed by atoms with E-state index in [2.05, 4.69) is 36.7 Å². The number of aromatic carboxylic acids is 1. The summed E-state index contributed by atoms with van der Waals surface area (Å²) >= 11 is 13.6. The molecule has 0 bridgehead atoms. The van der Waals surface area contributed by atoms with E-state index in [1.54, 1.807) is 26.4 Å². The number of anilines is 2. The molecule has 3 fully saturated rings. The Morgan fingerprint density at radius 1 is 1.04 bits per heavy atom. The van der Waals surface area contributed by atoms with Crippen molar-refractivity contribution in [3.63, 3.8) is 0 Å². The lowest BCUT2D eigenvalue weighted by molar-refractivity contribution is 0.0375. The summed E-state index contributed by atoms with van der Waals surface area (Å²) in [6.45, 7) is 10.1. The van der Waals surface area contributed by atoms with Crippen molar-refractivity contribution in [2.24, 2.45) is 11.8 Å². The fourth-order valence-corrected chi connectivity index (χ4v) is 8.44. The number of carboxylic acid groups (broad SMARTS) is 1. The van der Waals surface area contributed by atoms with Crippen molar-refractivity contribution in [3.05, 3.63) is 38.7 Å². The molecule has 254 valence electrons. The van der Waals surface area contributed by atoms with Gasteiger partial charge in [-0.2, -0.15) is 0 Å². The van der Waals surface area contributed by atoms with E-state index in [4.69, 9.17) is 32.9 Å². The monoisotopic (exact) mass is 704 g/mol. The van der Waals surface area contributed by atoms with Gasteiger partial charge in [0.25, 0.3) is 0 Å². The second-order valence-corrected chi connectivity index (χ2v) is 14.7. The minimum Gasteiger partial charge on any atom is -0.477 e. The number of likely N-dealkylation sites (tertiary alicyclic amines) is 1. The Bertz CT molecular complexity index is 1580. The number of halogens is 2. The number of piperazine rings is 1. The van der Waals surface area contributed by atoms with Gasteiger partial charge in [0, 0.05) is 71.6 Å². The zero-order valence-electron chi connectivity index (χ0n) is 27.0. The molecule has 3 aliphatic rings. The van der Waals surface area contributed by atoms with Gasteiger partial charge in [-0.05, 0) is 51.6 Å². The maximum atomic E-state index is 13.1. The van der Waals surface area contributed by atoms with Gasteiger partial charge in [-0.3, -0.25) is 9.69 Å². The molecule has 3 aliphatic heterocycles. The summed E-state index contributed by atoms with van der Waals surface area (Å²) in [6.07, 6.45) is 6.58. The molecule has 47 heavy (non-hydrogen) atoms. The van der Waals surface area contributed by atoms with E-state index < -0.39 is 5.97 Å². The predicted octanol–water partition coefficient (Wildman–Crippen LogP) is 4.82. The van der Waals surface area contributed by atoms with Crippen LogP contribution in [0.5, 0.6) is 0 Å². The first kappa shape index (κ1) is 34.1. The summed E-state index contributed by atoms with van der Waals surface area (Å²) in [7, 11) is 3.83. The number of nitrogens with one attached hydrogen (secondary N) is 1. The molecule has 0 spiro atoms. The number of ketones is 1. The summed E-state index contributed by atoms with van der Waals surface area (Å²) < 4.78 is 5.81. The van der Waals surface area contributed by atoms with Crippen LogP contribution in [0.3, 0.4) is 0 Å². The van der Waals surface area contributed by atoms with Gasteiger partial charge in [0.1, 0.15) is 27.8 Å². The number of aryl methyl sites for hydroxylation is 1. The third-order valence-electron chi connectivity index (χ3n) is 9.68. The highest BCUT2D eigenvalue weighted by Gasteiger charge is 2.34. The summed E-state index contributed by atoms with van der Waals surface area (Å²) in [5, 5.41) is 11.2. The molecule has 2 N–H and O–H groups in total. The van der Waals surface area contributed by atoms with E-state index in [1.165, 1.54) is 25.9 Å². The SMILES string of the molecule is CO[C@H]1CN(c2nc(-c3cnc(N4CCN(CC5CCCN(C)C5)CC4)cn3)c(C(=O)O)s2)CC[C@H]1CC(=O)c1[nH]c(C)c(Cl)c1Cl. The van der Waals surface area contributed by atoms with E-state index in [0.717, 1.165) is 55.8 Å². The first-order valence-electron chi connectivity index (χ1n) is 16.2. The molecule has 6 heterocycles. The molecule has 0 amide bonds. The highest BCUT2D eigenvalue weighted by atomic mass is 35.5. The molecule has 3 aromatic heterocycles. The van der Waals surface area contributed by atoms with Gasteiger partial charge in [0.05, 0.1) is 28.5 Å². The van der Waals surface area contributed by atoms with Crippen LogP contribution < -0.4 is 9.80 Å². The minimum atomic E-state index is -1.06. The highest BCUT2D eigenvalue weighted by Crippen LogP contribution is 2.37. The Hall–Kier alpha value is -2.81. The standard InChI is InChI=1S/C32H42Cl2N8O4S/c1-19-26(33)27(34)29(37-19)23(43)13-21-6-8-42(18-24(21)46-3)32-38-28(30(47-32)31(44)45)22-14-36-25(15-35-22)41-11-9-40(10-12-41)17-20-5-4-7-39(2)16-20/h14-15,20-21,24,37H,4-13,16-18H2,1-3H3,(H,44,45)/t20?,21-,24-/m0/s1. The molecule has 3 atom stereocenters. The molecule has 6 rings (SSSR count). The lowest BCUT2D eigenvalue weighted by Gasteiger charge is -2.38. The Labute approximate surface area is 289 Å². The number of carbonyl (C=O) groups is 2. The molecule has 0 radical (unpaired) electrons. The van der Waals surface area contributed by atoms with Crippen LogP contribution in [0, 0.1) is 18.8 Å². The van der Waals surface area contributed by atoms with Gasteiger partial charge in [-0.15, -0.1) is 0 Å².